The summed E-state index contributed by atoms with van der Waals surface area (Å²) in [6, 6.07) is 15.8. The highest BCUT2D eigenvalue weighted by Gasteiger charge is 2.24. The van der Waals surface area contributed by atoms with Gasteiger partial charge >= 0.3 is 0 Å². The molecule has 0 bridgehead atoms. The van der Waals surface area contributed by atoms with Crippen molar-refractivity contribution in [2.45, 2.75) is 20.3 Å². The molecule has 8 nitrogen and oxygen atoms in total. The first kappa shape index (κ1) is 22.0. The zero-order chi connectivity index (χ0) is 23.5. The topological polar surface area (TPSA) is 96.0 Å². The van der Waals surface area contributed by atoms with E-state index in [1.807, 2.05) is 55.3 Å². The van der Waals surface area contributed by atoms with Gasteiger partial charge in [0.05, 0.1) is 24.9 Å². The highest BCUT2D eigenvalue weighted by atomic mass is 16.5. The van der Waals surface area contributed by atoms with E-state index in [1.165, 1.54) is 5.56 Å². The van der Waals surface area contributed by atoms with Crippen molar-refractivity contribution < 1.29 is 9.53 Å². The highest BCUT2D eigenvalue weighted by molar-refractivity contribution is 5.95. The summed E-state index contributed by atoms with van der Waals surface area (Å²) >= 11 is 0. The van der Waals surface area contributed by atoms with Gasteiger partial charge in [0.15, 0.2) is 0 Å². The Kier molecular flexibility index (Phi) is 6.22. The average molecular weight is 457 g/mol. The predicted molar refractivity (Wildman–Crippen MR) is 131 cm³/mol. The van der Waals surface area contributed by atoms with Gasteiger partial charge in [-0.1, -0.05) is 12.1 Å². The molecule has 3 heterocycles. The quantitative estimate of drug-likeness (QED) is 0.470. The van der Waals surface area contributed by atoms with Crippen molar-refractivity contribution in [2.24, 2.45) is 5.92 Å². The number of aromatic amines is 1. The van der Waals surface area contributed by atoms with Gasteiger partial charge < -0.3 is 15.0 Å². The van der Waals surface area contributed by atoms with Crippen molar-refractivity contribution in [1.82, 2.24) is 25.1 Å². The molecule has 1 aliphatic rings. The summed E-state index contributed by atoms with van der Waals surface area (Å²) in [7, 11) is 0. The summed E-state index contributed by atoms with van der Waals surface area (Å²) in [5, 5.41) is 11.5. The molecule has 174 valence electrons. The van der Waals surface area contributed by atoms with Crippen LogP contribution in [-0.2, 0) is 11.2 Å². The lowest BCUT2D eigenvalue weighted by molar-refractivity contribution is 0.0737. The Bertz CT molecular complexity index is 1300. The smallest absolute Gasteiger partial charge is 0.254 e. The number of hydrogen-bond donors (Lipinski definition) is 2. The number of hydrogen-bond acceptors (Lipinski definition) is 6. The number of anilines is 2. The van der Waals surface area contributed by atoms with Crippen LogP contribution in [0.15, 0.2) is 54.7 Å². The number of aromatic nitrogens is 4. The van der Waals surface area contributed by atoms with E-state index in [0.29, 0.717) is 43.5 Å². The number of H-pyrrole nitrogens is 1. The molecule has 1 aliphatic heterocycles. The van der Waals surface area contributed by atoms with Crippen LogP contribution < -0.4 is 5.32 Å². The molecule has 2 aromatic heterocycles. The first-order chi connectivity index (χ1) is 16.5. The minimum absolute atomic E-state index is 0.0134. The van der Waals surface area contributed by atoms with Crippen LogP contribution >= 0.6 is 0 Å². The molecule has 0 spiro atoms. The second-order valence-electron chi connectivity index (χ2n) is 8.84. The van der Waals surface area contributed by atoms with E-state index in [0.717, 1.165) is 28.7 Å². The van der Waals surface area contributed by atoms with Crippen molar-refractivity contribution in [1.29, 1.82) is 0 Å². The molecule has 4 aromatic rings. The van der Waals surface area contributed by atoms with E-state index in [-0.39, 0.29) is 11.8 Å². The molecule has 34 heavy (non-hydrogen) atoms. The van der Waals surface area contributed by atoms with Crippen molar-refractivity contribution >= 4 is 28.3 Å². The summed E-state index contributed by atoms with van der Waals surface area (Å²) in [5.41, 5.74) is 4.61. The Balaban J connectivity index is 1.29. The second-order valence-corrected chi connectivity index (χ2v) is 8.84. The number of benzene rings is 2. The van der Waals surface area contributed by atoms with E-state index in [4.69, 9.17) is 4.74 Å². The zero-order valence-electron chi connectivity index (χ0n) is 19.4. The maximum atomic E-state index is 13.4. The van der Waals surface area contributed by atoms with Gasteiger partial charge in [-0.15, -0.1) is 0 Å². The lowest BCUT2D eigenvalue weighted by Crippen LogP contribution is -2.36. The number of carbonyl (C=O) groups is 1. The van der Waals surface area contributed by atoms with E-state index in [1.54, 1.807) is 0 Å². The molecule has 1 saturated heterocycles. The van der Waals surface area contributed by atoms with Gasteiger partial charge in [0.25, 0.3) is 5.91 Å². The van der Waals surface area contributed by atoms with Crippen molar-refractivity contribution in [3.8, 4) is 0 Å². The van der Waals surface area contributed by atoms with Crippen LogP contribution in [0.5, 0.6) is 0 Å². The highest BCUT2D eigenvalue weighted by Crippen LogP contribution is 2.21. The Morgan fingerprint density at radius 3 is 2.97 bits per heavy atom. The first-order valence-corrected chi connectivity index (χ1v) is 11.5. The molecule has 2 aromatic carbocycles. The molecule has 0 aliphatic carbocycles. The van der Waals surface area contributed by atoms with Gasteiger partial charge in [-0.25, -0.2) is 9.97 Å². The number of amides is 1. The molecular weight excluding hydrogens is 428 g/mol. The lowest BCUT2D eigenvalue weighted by atomic mass is 9.98. The summed E-state index contributed by atoms with van der Waals surface area (Å²) in [6.07, 6.45) is 2.68. The third-order valence-electron chi connectivity index (χ3n) is 6.00. The maximum absolute atomic E-state index is 13.4. The van der Waals surface area contributed by atoms with Gasteiger partial charge in [0.2, 0.25) is 0 Å². The van der Waals surface area contributed by atoms with Crippen LogP contribution in [0.2, 0.25) is 0 Å². The van der Waals surface area contributed by atoms with Crippen LogP contribution in [0.3, 0.4) is 0 Å². The Morgan fingerprint density at radius 1 is 1.18 bits per heavy atom. The van der Waals surface area contributed by atoms with E-state index in [2.05, 4.69) is 43.7 Å². The third kappa shape index (κ3) is 5.07. The normalized spacial score (nSPS) is 16.4. The van der Waals surface area contributed by atoms with Gasteiger partial charge in [-0.05, 0) is 56.2 Å². The maximum Gasteiger partial charge on any atom is 0.254 e. The number of nitrogens with zero attached hydrogens (tertiary/aromatic N) is 4. The number of nitrogens with one attached hydrogen (secondary N) is 2. The van der Waals surface area contributed by atoms with Crippen LogP contribution in [0.25, 0.3) is 10.9 Å². The summed E-state index contributed by atoms with van der Waals surface area (Å²) in [6.45, 7) is 6.22. The fraction of sp³-hybridized carbons (Fsp3) is 0.308. The molecule has 2 N–H and O–H groups in total. The minimum atomic E-state index is 0.0134. The number of ether oxygens (including phenoxy) is 1. The monoisotopic (exact) mass is 456 g/mol. The standard InChI is InChI=1S/C26H28N6O2/c1-17-10-25(29-18(2)28-17)30-23-5-3-4-21(13-23)26(33)32-8-9-34-16-20(15-32)11-19-6-7-24-22(12-19)14-27-31-24/h3-7,10,12-14,20H,8-9,11,15-16H2,1-2H3,(H,27,31)(H,28,29,30)/t20-/m0/s1. The Hall–Kier alpha value is -3.78. The SMILES string of the molecule is Cc1cc(Nc2cccc(C(=O)N3CCOC[C@@H](Cc4ccc5[nH]ncc5c4)C3)c2)nc(C)n1. The predicted octanol–water partition coefficient (Wildman–Crippen LogP) is 4.04. The molecular formula is C26H28N6O2. The minimum Gasteiger partial charge on any atom is -0.379 e. The van der Waals surface area contributed by atoms with Gasteiger partial charge in [0.1, 0.15) is 11.6 Å². The Morgan fingerprint density at radius 2 is 2.09 bits per heavy atom. The summed E-state index contributed by atoms with van der Waals surface area (Å²) in [4.78, 5) is 24.1. The third-order valence-corrected chi connectivity index (χ3v) is 6.00. The first-order valence-electron chi connectivity index (χ1n) is 11.5. The van der Waals surface area contributed by atoms with E-state index in [9.17, 15) is 4.79 Å². The molecule has 0 radical (unpaired) electrons. The summed E-state index contributed by atoms with van der Waals surface area (Å²) in [5.74, 6) is 1.66. The van der Waals surface area contributed by atoms with Crippen molar-refractivity contribution in [3.63, 3.8) is 0 Å². The van der Waals surface area contributed by atoms with E-state index >= 15 is 0 Å². The van der Waals surface area contributed by atoms with Crippen LogP contribution in [0, 0.1) is 19.8 Å². The molecule has 1 amide bonds. The number of fused-ring (bicyclic) bond motifs is 1. The average Bonchev–Trinajstić information content (AvgIpc) is 3.15. The summed E-state index contributed by atoms with van der Waals surface area (Å²) < 4.78 is 5.85. The largest absolute Gasteiger partial charge is 0.379 e. The fourth-order valence-corrected chi connectivity index (χ4v) is 4.48. The lowest BCUT2D eigenvalue weighted by Gasteiger charge is -2.24. The van der Waals surface area contributed by atoms with Crippen LogP contribution in [0.4, 0.5) is 11.5 Å². The molecule has 1 fully saturated rings. The zero-order valence-corrected chi connectivity index (χ0v) is 19.4. The van der Waals surface area contributed by atoms with Crippen LogP contribution in [0.1, 0.15) is 27.4 Å². The number of aryl methyl sites for hydroxylation is 2. The van der Waals surface area contributed by atoms with Crippen molar-refractivity contribution in [2.75, 3.05) is 31.6 Å². The molecule has 8 heteroatoms. The number of rotatable bonds is 5. The Labute approximate surface area is 198 Å². The fourth-order valence-electron chi connectivity index (χ4n) is 4.48. The molecule has 5 rings (SSSR count). The van der Waals surface area contributed by atoms with Crippen molar-refractivity contribution in [3.05, 3.63) is 77.4 Å². The number of carbonyl (C=O) groups excluding carboxylic acids is 1. The second kappa shape index (κ2) is 9.61. The van der Waals surface area contributed by atoms with Gasteiger partial charge in [-0.2, -0.15) is 5.10 Å². The van der Waals surface area contributed by atoms with Crippen LogP contribution in [-0.4, -0.2) is 57.3 Å². The van der Waals surface area contributed by atoms with Gasteiger partial charge in [-0.3, -0.25) is 9.89 Å². The van der Waals surface area contributed by atoms with E-state index < -0.39 is 0 Å². The molecule has 0 saturated carbocycles. The molecule has 1 atom stereocenters. The van der Waals surface area contributed by atoms with Gasteiger partial charge in [0, 0.05) is 47.4 Å². The molecule has 0 unspecified atom stereocenters.